The number of aryl methyl sites for hydroxylation is 1. The second-order valence-corrected chi connectivity index (χ2v) is 3.55. The zero-order chi connectivity index (χ0) is 10.8. The number of benzene rings is 1. The molecule has 0 spiro atoms. The number of hydrogen-bond acceptors (Lipinski definition) is 2. The Hall–Kier alpha value is -1.55. The predicted octanol–water partition coefficient (Wildman–Crippen LogP) is 1.78. The van der Waals surface area contributed by atoms with Crippen LogP contribution >= 0.6 is 11.6 Å². The molecular formula is C10H10ClN3O. The molecule has 0 aliphatic heterocycles. The lowest BCUT2D eigenvalue weighted by Crippen LogP contribution is -2.05. The lowest BCUT2D eigenvalue weighted by molar-refractivity contribution is 0.797. The van der Waals surface area contributed by atoms with Gasteiger partial charge in [-0.3, -0.25) is 0 Å². The number of nitrogens with zero attached hydrogens (tertiary/aromatic N) is 2. The Morgan fingerprint density at radius 1 is 1.53 bits per heavy atom. The van der Waals surface area contributed by atoms with E-state index in [1.54, 1.807) is 16.8 Å². The fraction of sp³-hybridized carbons (Fsp3) is 0.200. The molecule has 2 rings (SSSR count). The topological polar surface area (TPSA) is 50.7 Å². The summed E-state index contributed by atoms with van der Waals surface area (Å²) in [6.07, 6.45) is 0.686. The number of aromatic amines is 1. The molecule has 2 aromatic rings. The molecule has 1 aromatic heterocycles. The van der Waals surface area contributed by atoms with Crippen molar-refractivity contribution in [3.05, 3.63) is 45.6 Å². The molecule has 1 heterocycles. The molecule has 0 aliphatic rings. The van der Waals surface area contributed by atoms with Crippen LogP contribution in [0.25, 0.3) is 5.69 Å². The van der Waals surface area contributed by atoms with Crippen LogP contribution in [-0.4, -0.2) is 14.8 Å². The second kappa shape index (κ2) is 3.90. The zero-order valence-electron chi connectivity index (χ0n) is 8.20. The second-order valence-electron chi connectivity index (χ2n) is 3.11. The first-order chi connectivity index (χ1) is 7.20. The summed E-state index contributed by atoms with van der Waals surface area (Å²) in [5, 5.41) is 3.26. The first-order valence-corrected chi connectivity index (χ1v) is 5.02. The van der Waals surface area contributed by atoms with Gasteiger partial charge >= 0.3 is 5.69 Å². The number of rotatable bonds is 2. The summed E-state index contributed by atoms with van der Waals surface area (Å²) in [7, 11) is 0. The van der Waals surface area contributed by atoms with E-state index in [4.69, 9.17) is 11.6 Å². The van der Waals surface area contributed by atoms with Crippen molar-refractivity contribution in [3.8, 4) is 5.69 Å². The Morgan fingerprint density at radius 3 is 3.00 bits per heavy atom. The van der Waals surface area contributed by atoms with Crippen molar-refractivity contribution < 1.29 is 0 Å². The molecule has 1 N–H and O–H groups in total. The van der Waals surface area contributed by atoms with Crippen molar-refractivity contribution >= 4 is 11.6 Å². The van der Waals surface area contributed by atoms with Crippen LogP contribution in [0.5, 0.6) is 0 Å². The van der Waals surface area contributed by atoms with Crippen LogP contribution in [0.3, 0.4) is 0 Å². The summed E-state index contributed by atoms with van der Waals surface area (Å²) in [5.41, 5.74) is 0.473. The summed E-state index contributed by atoms with van der Waals surface area (Å²) >= 11 is 5.87. The molecule has 0 saturated heterocycles. The van der Waals surface area contributed by atoms with Crippen molar-refractivity contribution in [2.75, 3.05) is 0 Å². The van der Waals surface area contributed by atoms with Gasteiger partial charge in [-0.15, -0.1) is 0 Å². The van der Waals surface area contributed by atoms with E-state index in [2.05, 4.69) is 10.1 Å². The monoisotopic (exact) mass is 223 g/mol. The van der Waals surface area contributed by atoms with Crippen molar-refractivity contribution in [2.24, 2.45) is 0 Å². The molecule has 0 radical (unpaired) electrons. The third-order valence-electron chi connectivity index (χ3n) is 2.08. The largest absolute Gasteiger partial charge is 0.361 e. The highest BCUT2D eigenvalue weighted by Gasteiger charge is 2.05. The molecule has 0 aliphatic carbocycles. The SMILES string of the molecule is CCc1nc(=O)[nH]n1-c1cccc(Cl)c1. The fourth-order valence-corrected chi connectivity index (χ4v) is 1.60. The summed E-state index contributed by atoms with van der Waals surface area (Å²) in [6.45, 7) is 1.94. The number of aromatic nitrogens is 3. The van der Waals surface area contributed by atoms with Crippen LogP contribution in [0.1, 0.15) is 12.7 Å². The Bertz CT molecular complexity index is 529. The van der Waals surface area contributed by atoms with Gasteiger partial charge in [0, 0.05) is 11.4 Å². The summed E-state index contributed by atoms with van der Waals surface area (Å²) in [4.78, 5) is 15.0. The van der Waals surface area contributed by atoms with Crippen molar-refractivity contribution in [2.45, 2.75) is 13.3 Å². The minimum Gasteiger partial charge on any atom is -0.244 e. The molecular weight excluding hydrogens is 214 g/mol. The van der Waals surface area contributed by atoms with E-state index in [0.29, 0.717) is 17.3 Å². The molecule has 78 valence electrons. The van der Waals surface area contributed by atoms with Crippen LogP contribution in [0.4, 0.5) is 0 Å². The highest BCUT2D eigenvalue weighted by atomic mass is 35.5. The Labute approximate surface area is 91.5 Å². The third-order valence-corrected chi connectivity index (χ3v) is 2.31. The average Bonchev–Trinajstić information content (AvgIpc) is 2.59. The summed E-state index contributed by atoms with van der Waals surface area (Å²) in [6, 6.07) is 7.25. The molecule has 4 nitrogen and oxygen atoms in total. The number of nitrogens with one attached hydrogen (secondary N) is 1. The maximum absolute atomic E-state index is 11.1. The van der Waals surface area contributed by atoms with Crippen LogP contribution in [0.15, 0.2) is 29.1 Å². The van der Waals surface area contributed by atoms with E-state index in [1.807, 2.05) is 19.1 Å². The lowest BCUT2D eigenvalue weighted by Gasteiger charge is -2.04. The van der Waals surface area contributed by atoms with E-state index >= 15 is 0 Å². The van der Waals surface area contributed by atoms with E-state index in [9.17, 15) is 4.79 Å². The highest BCUT2D eigenvalue weighted by Crippen LogP contribution is 2.14. The van der Waals surface area contributed by atoms with Gasteiger partial charge in [-0.05, 0) is 18.2 Å². The average molecular weight is 224 g/mol. The maximum atomic E-state index is 11.1. The van der Waals surface area contributed by atoms with Crippen molar-refractivity contribution in [1.82, 2.24) is 14.8 Å². The van der Waals surface area contributed by atoms with Crippen molar-refractivity contribution in [3.63, 3.8) is 0 Å². The molecule has 0 bridgehead atoms. The fourth-order valence-electron chi connectivity index (χ4n) is 1.42. The maximum Gasteiger partial charge on any atom is 0.361 e. The van der Waals surface area contributed by atoms with Gasteiger partial charge in [0.15, 0.2) is 0 Å². The molecule has 0 unspecified atom stereocenters. The van der Waals surface area contributed by atoms with Gasteiger partial charge < -0.3 is 0 Å². The Balaban J connectivity index is 2.57. The molecule has 0 fully saturated rings. The first-order valence-electron chi connectivity index (χ1n) is 4.64. The van der Waals surface area contributed by atoms with Gasteiger partial charge in [0.1, 0.15) is 5.82 Å². The van der Waals surface area contributed by atoms with Crippen LogP contribution in [-0.2, 0) is 6.42 Å². The quantitative estimate of drug-likeness (QED) is 0.844. The van der Waals surface area contributed by atoms with Crippen molar-refractivity contribution in [1.29, 1.82) is 0 Å². The molecule has 15 heavy (non-hydrogen) atoms. The molecule has 1 aromatic carbocycles. The molecule has 0 atom stereocenters. The number of halogens is 1. The Kier molecular flexibility index (Phi) is 2.60. The molecule has 0 saturated carbocycles. The summed E-state index contributed by atoms with van der Waals surface area (Å²) in [5.74, 6) is 0.697. The molecule has 5 heteroatoms. The normalized spacial score (nSPS) is 10.5. The lowest BCUT2D eigenvalue weighted by atomic mass is 10.3. The van der Waals surface area contributed by atoms with Crippen LogP contribution in [0, 0.1) is 0 Å². The highest BCUT2D eigenvalue weighted by molar-refractivity contribution is 6.30. The van der Waals surface area contributed by atoms with Gasteiger partial charge in [-0.25, -0.2) is 14.6 Å². The van der Waals surface area contributed by atoms with Gasteiger partial charge in [0.25, 0.3) is 0 Å². The van der Waals surface area contributed by atoms with Gasteiger partial charge in [-0.1, -0.05) is 24.6 Å². The number of hydrogen-bond donors (Lipinski definition) is 1. The van der Waals surface area contributed by atoms with Crippen LogP contribution < -0.4 is 5.69 Å². The molecule has 0 amide bonds. The third kappa shape index (κ3) is 1.94. The van der Waals surface area contributed by atoms with E-state index < -0.39 is 0 Å². The van der Waals surface area contributed by atoms with Crippen LogP contribution in [0.2, 0.25) is 5.02 Å². The number of H-pyrrole nitrogens is 1. The van der Waals surface area contributed by atoms with Gasteiger partial charge in [0.05, 0.1) is 5.69 Å². The minimum absolute atomic E-state index is 0.341. The van der Waals surface area contributed by atoms with E-state index in [-0.39, 0.29) is 5.69 Å². The standard InChI is InChI=1S/C10H10ClN3O/c1-2-9-12-10(15)13-14(9)8-5-3-4-7(11)6-8/h3-6H,2H2,1H3,(H,13,15). The Morgan fingerprint density at radius 2 is 2.33 bits per heavy atom. The summed E-state index contributed by atoms with van der Waals surface area (Å²) < 4.78 is 1.65. The smallest absolute Gasteiger partial charge is 0.244 e. The van der Waals surface area contributed by atoms with E-state index in [1.165, 1.54) is 0 Å². The van der Waals surface area contributed by atoms with Gasteiger partial charge in [0.2, 0.25) is 0 Å². The zero-order valence-corrected chi connectivity index (χ0v) is 8.95. The first kappa shape index (κ1) is 9.98. The predicted molar refractivity (Wildman–Crippen MR) is 58.6 cm³/mol. The minimum atomic E-state index is -0.341. The van der Waals surface area contributed by atoms with E-state index in [0.717, 1.165) is 5.69 Å². The van der Waals surface area contributed by atoms with Gasteiger partial charge in [-0.2, -0.15) is 4.98 Å².